The summed E-state index contributed by atoms with van der Waals surface area (Å²) < 4.78 is 29.9. The van der Waals surface area contributed by atoms with Gasteiger partial charge in [-0.3, -0.25) is 4.79 Å². The molecule has 3 aliphatic carbocycles. The van der Waals surface area contributed by atoms with E-state index in [-0.39, 0.29) is 34.3 Å². The van der Waals surface area contributed by atoms with Gasteiger partial charge in [0.25, 0.3) is 0 Å². The summed E-state index contributed by atoms with van der Waals surface area (Å²) in [6.45, 7) is 2.06. The van der Waals surface area contributed by atoms with Gasteiger partial charge in [0.05, 0.1) is 11.5 Å². The largest absolute Gasteiger partial charge is 0.440 e. The molecule has 3 saturated carbocycles. The second kappa shape index (κ2) is 7.08. The zero-order valence-corrected chi connectivity index (χ0v) is 18.4. The number of carbonyl (C=O) groups is 1. The van der Waals surface area contributed by atoms with Crippen molar-refractivity contribution in [2.24, 2.45) is 5.92 Å². The summed E-state index contributed by atoms with van der Waals surface area (Å²) in [5.41, 5.74) is 2.80. The molecular weight excluding hydrogens is 400 g/mol. The van der Waals surface area contributed by atoms with Crippen LogP contribution in [-0.2, 0) is 20.0 Å². The highest BCUT2D eigenvalue weighted by molar-refractivity contribution is 7.91. The summed E-state index contributed by atoms with van der Waals surface area (Å²) in [4.78, 5) is 17.6. The third kappa shape index (κ3) is 3.66. The first-order valence-electron chi connectivity index (χ1n) is 11.2. The van der Waals surface area contributed by atoms with Crippen LogP contribution in [0.5, 0.6) is 0 Å². The summed E-state index contributed by atoms with van der Waals surface area (Å²) in [5, 5.41) is 3.31. The Morgan fingerprint density at radius 3 is 2.63 bits per heavy atom. The van der Waals surface area contributed by atoms with Crippen LogP contribution in [0.4, 0.5) is 0 Å². The molecule has 162 valence electrons. The van der Waals surface area contributed by atoms with Gasteiger partial charge in [0.1, 0.15) is 5.52 Å². The molecule has 2 aromatic rings. The maximum absolute atomic E-state index is 12.7. The minimum absolute atomic E-state index is 0.0170. The van der Waals surface area contributed by atoms with Gasteiger partial charge in [0, 0.05) is 17.4 Å². The van der Waals surface area contributed by atoms with Gasteiger partial charge in [0.2, 0.25) is 11.8 Å². The lowest BCUT2D eigenvalue weighted by Gasteiger charge is -2.52. The van der Waals surface area contributed by atoms with Crippen molar-refractivity contribution in [3.8, 4) is 0 Å². The van der Waals surface area contributed by atoms with Crippen molar-refractivity contribution in [3.63, 3.8) is 0 Å². The third-order valence-corrected chi connectivity index (χ3v) is 9.57. The summed E-state index contributed by atoms with van der Waals surface area (Å²) in [5.74, 6) is 1.27. The van der Waals surface area contributed by atoms with Gasteiger partial charge in [-0.15, -0.1) is 0 Å². The number of aryl methyl sites for hydroxylation is 1. The van der Waals surface area contributed by atoms with E-state index in [4.69, 9.17) is 9.40 Å². The highest BCUT2D eigenvalue weighted by Crippen LogP contribution is 2.53. The smallest absolute Gasteiger partial charge is 0.220 e. The lowest BCUT2D eigenvalue weighted by Crippen LogP contribution is -2.58. The molecule has 1 unspecified atom stereocenters. The molecule has 1 aromatic heterocycles. The molecule has 2 bridgehead atoms. The van der Waals surface area contributed by atoms with Crippen LogP contribution in [0.1, 0.15) is 69.2 Å². The topological polar surface area (TPSA) is 89.3 Å². The standard InChI is InChI=1S/C23H30N2O4S/c1-16-4-5-19-18(13-16)24-21(29-19)22-6-9-23(10-7-22,11-8-22)25-20(26)14-17-3-2-12-30(27,28)15-17/h4-5,13,17H,2-3,6-12,14-15H2,1H3,(H,25,26). The van der Waals surface area contributed by atoms with Crippen molar-refractivity contribution >= 4 is 26.8 Å². The van der Waals surface area contributed by atoms with Crippen molar-refractivity contribution in [1.29, 1.82) is 0 Å². The molecule has 1 aromatic carbocycles. The van der Waals surface area contributed by atoms with Crippen LogP contribution in [0.25, 0.3) is 11.1 Å². The fourth-order valence-electron chi connectivity index (χ4n) is 5.85. The molecule has 1 saturated heterocycles. The van der Waals surface area contributed by atoms with Gasteiger partial charge in [-0.25, -0.2) is 13.4 Å². The Labute approximate surface area is 177 Å². The molecule has 0 spiro atoms. The van der Waals surface area contributed by atoms with E-state index in [0.717, 1.165) is 61.9 Å². The van der Waals surface area contributed by atoms with E-state index >= 15 is 0 Å². The second-order valence-electron chi connectivity index (χ2n) is 9.93. The minimum Gasteiger partial charge on any atom is -0.440 e. The summed E-state index contributed by atoms with van der Waals surface area (Å²) in [6, 6.07) is 6.12. The SMILES string of the molecule is Cc1ccc2oc(C34CCC(NC(=O)CC5CCCS(=O)(=O)C5)(CC3)CC4)nc2c1. The van der Waals surface area contributed by atoms with Gasteiger partial charge in [0.15, 0.2) is 15.4 Å². The first-order valence-corrected chi connectivity index (χ1v) is 13.0. The summed E-state index contributed by atoms with van der Waals surface area (Å²) in [6.07, 6.45) is 7.54. The fourth-order valence-corrected chi connectivity index (χ4v) is 7.62. The zero-order valence-electron chi connectivity index (χ0n) is 17.6. The molecule has 30 heavy (non-hydrogen) atoms. The number of rotatable bonds is 4. The Kier molecular flexibility index (Phi) is 4.73. The van der Waals surface area contributed by atoms with Crippen LogP contribution < -0.4 is 5.32 Å². The highest BCUT2D eigenvalue weighted by atomic mass is 32.2. The monoisotopic (exact) mass is 430 g/mol. The van der Waals surface area contributed by atoms with Crippen LogP contribution in [0.2, 0.25) is 0 Å². The van der Waals surface area contributed by atoms with Crippen molar-refractivity contribution < 1.29 is 17.6 Å². The number of fused-ring (bicyclic) bond motifs is 4. The predicted molar refractivity (Wildman–Crippen MR) is 115 cm³/mol. The van der Waals surface area contributed by atoms with E-state index in [1.54, 1.807) is 0 Å². The quantitative estimate of drug-likeness (QED) is 0.797. The normalized spacial score (nSPS) is 32.9. The molecule has 6 rings (SSSR count). The van der Waals surface area contributed by atoms with Gasteiger partial charge >= 0.3 is 0 Å². The lowest BCUT2D eigenvalue weighted by molar-refractivity contribution is -0.125. The Bertz CT molecular complexity index is 1060. The molecule has 0 radical (unpaired) electrons. The predicted octanol–water partition coefficient (Wildman–Crippen LogP) is 3.81. The fraction of sp³-hybridized carbons (Fsp3) is 0.652. The van der Waals surface area contributed by atoms with Crippen LogP contribution in [0.15, 0.2) is 22.6 Å². The van der Waals surface area contributed by atoms with Gasteiger partial charge < -0.3 is 9.73 Å². The van der Waals surface area contributed by atoms with E-state index in [2.05, 4.69) is 24.4 Å². The number of sulfone groups is 1. The van der Waals surface area contributed by atoms with Crippen molar-refractivity contribution in [1.82, 2.24) is 10.3 Å². The first-order chi connectivity index (χ1) is 14.3. The number of aromatic nitrogens is 1. The third-order valence-electron chi connectivity index (χ3n) is 7.68. The molecule has 1 atom stereocenters. The van der Waals surface area contributed by atoms with Crippen LogP contribution in [-0.4, -0.2) is 36.4 Å². The lowest BCUT2D eigenvalue weighted by atomic mass is 9.57. The van der Waals surface area contributed by atoms with Crippen molar-refractivity contribution in [3.05, 3.63) is 29.7 Å². The Morgan fingerprint density at radius 1 is 1.20 bits per heavy atom. The Morgan fingerprint density at radius 2 is 1.93 bits per heavy atom. The number of oxazole rings is 1. The average Bonchev–Trinajstić information content (AvgIpc) is 3.12. The van der Waals surface area contributed by atoms with Crippen molar-refractivity contribution in [2.75, 3.05) is 11.5 Å². The number of nitrogens with zero attached hydrogens (tertiary/aromatic N) is 1. The number of benzene rings is 1. The maximum Gasteiger partial charge on any atom is 0.220 e. The second-order valence-corrected chi connectivity index (χ2v) is 12.2. The number of hydrogen-bond donors (Lipinski definition) is 1. The highest BCUT2D eigenvalue weighted by Gasteiger charge is 2.52. The van der Waals surface area contributed by atoms with Crippen molar-refractivity contribution in [2.45, 2.75) is 75.7 Å². The van der Waals surface area contributed by atoms with Crippen LogP contribution in [0.3, 0.4) is 0 Å². The molecule has 4 aliphatic rings. The Balaban J connectivity index is 1.25. The Hall–Kier alpha value is -1.89. The van der Waals surface area contributed by atoms with Gasteiger partial charge in [-0.05, 0) is 81.9 Å². The average molecular weight is 431 g/mol. The van der Waals surface area contributed by atoms with E-state index in [9.17, 15) is 13.2 Å². The van der Waals surface area contributed by atoms with Crippen LogP contribution in [0, 0.1) is 12.8 Å². The molecule has 1 N–H and O–H groups in total. The molecule has 1 aliphatic heterocycles. The number of carbonyl (C=O) groups excluding carboxylic acids is 1. The molecule has 2 heterocycles. The summed E-state index contributed by atoms with van der Waals surface area (Å²) >= 11 is 0. The number of amides is 1. The van der Waals surface area contributed by atoms with Gasteiger partial charge in [-0.2, -0.15) is 0 Å². The van der Waals surface area contributed by atoms with E-state index in [0.29, 0.717) is 12.8 Å². The van der Waals surface area contributed by atoms with E-state index < -0.39 is 9.84 Å². The van der Waals surface area contributed by atoms with E-state index in [1.165, 1.54) is 5.56 Å². The first kappa shape index (κ1) is 20.0. The van der Waals surface area contributed by atoms with Crippen LogP contribution >= 0.6 is 0 Å². The number of hydrogen-bond acceptors (Lipinski definition) is 5. The molecule has 4 fully saturated rings. The molecule has 6 nitrogen and oxygen atoms in total. The molecule has 1 amide bonds. The summed E-state index contributed by atoms with van der Waals surface area (Å²) in [7, 11) is -2.97. The molecule has 7 heteroatoms. The van der Waals surface area contributed by atoms with Gasteiger partial charge in [-0.1, -0.05) is 6.07 Å². The zero-order chi connectivity index (χ0) is 21.0. The minimum atomic E-state index is -2.97. The molecular formula is C23H30N2O4S. The maximum atomic E-state index is 12.7. The van der Waals surface area contributed by atoms with E-state index in [1.807, 2.05) is 6.07 Å². The number of nitrogens with one attached hydrogen (secondary N) is 1.